The second-order valence-electron chi connectivity index (χ2n) is 7.43. The summed E-state index contributed by atoms with van der Waals surface area (Å²) in [6.45, 7) is 2.41. The molecule has 0 fully saturated rings. The molecule has 0 saturated heterocycles. The van der Waals surface area contributed by atoms with Crippen LogP contribution in [-0.4, -0.2) is 61.4 Å². The largest absolute Gasteiger partial charge is 0.497 e. The van der Waals surface area contributed by atoms with Crippen molar-refractivity contribution < 1.29 is 14.3 Å². The fourth-order valence-corrected chi connectivity index (χ4v) is 3.45. The number of Topliss-reactive ketones (excluding diaryl/α,β-unsaturated/α-hetero) is 1. The van der Waals surface area contributed by atoms with Crippen molar-refractivity contribution in [2.45, 2.75) is 13.3 Å². The number of ether oxygens (including phenoxy) is 1. The van der Waals surface area contributed by atoms with Crippen molar-refractivity contribution in [3.63, 3.8) is 0 Å². The molecule has 0 aliphatic heterocycles. The molecule has 0 N–H and O–H groups in total. The highest BCUT2D eigenvalue weighted by molar-refractivity contribution is 6.07. The first kappa shape index (κ1) is 21.2. The van der Waals surface area contributed by atoms with Crippen molar-refractivity contribution >= 4 is 17.5 Å². The summed E-state index contributed by atoms with van der Waals surface area (Å²) in [4.78, 5) is 36.3. The van der Waals surface area contributed by atoms with Crippen molar-refractivity contribution in [3.05, 3.63) is 65.9 Å². The van der Waals surface area contributed by atoms with Crippen LogP contribution in [0.4, 0.5) is 0 Å². The Morgan fingerprint density at radius 1 is 1.19 bits per heavy atom. The minimum atomic E-state index is -0.233. The zero-order chi connectivity index (χ0) is 22.8. The predicted octanol–water partition coefficient (Wildman–Crippen LogP) is 2.66. The SMILES string of the molecule is CCN(C)C(=O)c1cnn(C)c1C(=O)Cc1ccn2cc(-c3cccc(OC)c3)nc2n1. The van der Waals surface area contributed by atoms with Gasteiger partial charge >= 0.3 is 0 Å². The smallest absolute Gasteiger partial charge is 0.257 e. The van der Waals surface area contributed by atoms with E-state index in [-0.39, 0.29) is 23.8 Å². The average molecular weight is 432 g/mol. The summed E-state index contributed by atoms with van der Waals surface area (Å²) in [6, 6.07) is 9.40. The molecule has 0 saturated carbocycles. The zero-order valence-corrected chi connectivity index (χ0v) is 18.4. The third kappa shape index (κ3) is 3.96. The Morgan fingerprint density at radius 3 is 2.75 bits per heavy atom. The summed E-state index contributed by atoms with van der Waals surface area (Å²) in [5.41, 5.74) is 2.79. The van der Waals surface area contributed by atoms with E-state index in [4.69, 9.17) is 4.74 Å². The number of carbonyl (C=O) groups excluding carboxylic acids is 2. The van der Waals surface area contributed by atoms with Gasteiger partial charge in [-0.05, 0) is 25.1 Å². The number of carbonyl (C=O) groups is 2. The molecule has 3 heterocycles. The topological polar surface area (TPSA) is 94.6 Å². The Labute approximate surface area is 185 Å². The first-order valence-electron chi connectivity index (χ1n) is 10.2. The molecular formula is C23H24N6O3. The fraction of sp³-hybridized carbons (Fsp3) is 0.261. The number of aromatic nitrogens is 5. The molecule has 1 amide bonds. The molecule has 0 atom stereocenters. The van der Waals surface area contributed by atoms with Crippen LogP contribution < -0.4 is 4.74 Å². The first-order valence-corrected chi connectivity index (χ1v) is 10.2. The van der Waals surface area contributed by atoms with E-state index >= 15 is 0 Å². The molecule has 0 unspecified atom stereocenters. The minimum Gasteiger partial charge on any atom is -0.497 e. The van der Waals surface area contributed by atoms with Crippen molar-refractivity contribution in [1.82, 2.24) is 29.0 Å². The van der Waals surface area contributed by atoms with E-state index in [1.54, 1.807) is 36.6 Å². The Balaban J connectivity index is 1.61. The van der Waals surface area contributed by atoms with Gasteiger partial charge < -0.3 is 9.64 Å². The van der Waals surface area contributed by atoms with Gasteiger partial charge in [-0.3, -0.25) is 18.7 Å². The van der Waals surface area contributed by atoms with Gasteiger partial charge in [0, 0.05) is 38.6 Å². The summed E-state index contributed by atoms with van der Waals surface area (Å²) in [5, 5.41) is 4.12. The van der Waals surface area contributed by atoms with Crippen LogP contribution in [0.2, 0.25) is 0 Å². The number of fused-ring (bicyclic) bond motifs is 1. The quantitative estimate of drug-likeness (QED) is 0.417. The van der Waals surface area contributed by atoms with Crippen LogP contribution in [0.5, 0.6) is 5.75 Å². The molecule has 0 aliphatic rings. The van der Waals surface area contributed by atoms with Crippen molar-refractivity contribution in [2.24, 2.45) is 7.05 Å². The molecule has 4 aromatic rings. The number of ketones is 1. The molecule has 4 rings (SSSR count). The molecular weight excluding hydrogens is 408 g/mol. The van der Waals surface area contributed by atoms with Crippen LogP contribution in [0.1, 0.15) is 33.5 Å². The lowest BCUT2D eigenvalue weighted by atomic mass is 10.1. The standard InChI is InChI=1S/C23H24N6O3/c1-5-27(2)22(31)18-13-24-28(3)21(18)20(30)12-16-9-10-29-14-19(26-23(29)25-16)15-7-6-8-17(11-15)32-4/h6-11,13-14H,5,12H2,1-4H3. The lowest BCUT2D eigenvalue weighted by Crippen LogP contribution is -2.28. The number of benzene rings is 1. The van der Waals surface area contributed by atoms with Gasteiger partial charge in [-0.2, -0.15) is 5.10 Å². The minimum absolute atomic E-state index is 0.0352. The van der Waals surface area contributed by atoms with E-state index in [0.29, 0.717) is 23.6 Å². The molecule has 0 bridgehead atoms. The highest BCUT2D eigenvalue weighted by Gasteiger charge is 2.24. The van der Waals surface area contributed by atoms with E-state index in [1.807, 2.05) is 43.6 Å². The monoisotopic (exact) mass is 432 g/mol. The highest BCUT2D eigenvalue weighted by Crippen LogP contribution is 2.23. The molecule has 0 aliphatic carbocycles. The lowest BCUT2D eigenvalue weighted by Gasteiger charge is -2.14. The molecule has 3 aromatic heterocycles. The highest BCUT2D eigenvalue weighted by atomic mass is 16.5. The third-order valence-corrected chi connectivity index (χ3v) is 5.35. The van der Waals surface area contributed by atoms with Gasteiger partial charge in [-0.15, -0.1) is 0 Å². The molecule has 164 valence electrons. The van der Waals surface area contributed by atoms with Gasteiger partial charge in [-0.1, -0.05) is 12.1 Å². The van der Waals surface area contributed by atoms with Crippen LogP contribution in [0.3, 0.4) is 0 Å². The first-order chi connectivity index (χ1) is 15.4. The van der Waals surface area contributed by atoms with Crippen LogP contribution in [0.15, 0.2) is 48.9 Å². The molecule has 1 aromatic carbocycles. The number of aryl methyl sites for hydroxylation is 1. The zero-order valence-electron chi connectivity index (χ0n) is 18.4. The summed E-state index contributed by atoms with van der Waals surface area (Å²) in [6.07, 6.45) is 5.17. The number of amides is 1. The molecule has 9 nitrogen and oxygen atoms in total. The Morgan fingerprint density at radius 2 is 2.00 bits per heavy atom. The summed E-state index contributed by atoms with van der Waals surface area (Å²) in [5.74, 6) is 0.770. The van der Waals surface area contributed by atoms with E-state index in [2.05, 4.69) is 15.1 Å². The lowest BCUT2D eigenvalue weighted by molar-refractivity contribution is 0.0795. The number of hydrogen-bond acceptors (Lipinski definition) is 6. The number of rotatable bonds is 7. The Bertz CT molecular complexity index is 1310. The van der Waals surface area contributed by atoms with Crippen LogP contribution in [-0.2, 0) is 13.5 Å². The van der Waals surface area contributed by atoms with Gasteiger partial charge in [-0.25, -0.2) is 9.97 Å². The Hall–Kier alpha value is -4.01. The number of imidazole rings is 1. The van der Waals surface area contributed by atoms with Crippen LogP contribution >= 0.6 is 0 Å². The van der Waals surface area contributed by atoms with Crippen LogP contribution in [0, 0.1) is 0 Å². The van der Waals surface area contributed by atoms with E-state index < -0.39 is 0 Å². The van der Waals surface area contributed by atoms with E-state index in [9.17, 15) is 9.59 Å². The van der Waals surface area contributed by atoms with Gasteiger partial charge in [0.2, 0.25) is 5.78 Å². The van der Waals surface area contributed by atoms with Gasteiger partial charge in [0.15, 0.2) is 5.78 Å². The number of methoxy groups -OCH3 is 1. The van der Waals surface area contributed by atoms with E-state index in [1.165, 1.54) is 10.9 Å². The predicted molar refractivity (Wildman–Crippen MR) is 119 cm³/mol. The Kier molecular flexibility index (Phi) is 5.72. The second kappa shape index (κ2) is 8.62. The van der Waals surface area contributed by atoms with Crippen molar-refractivity contribution in [1.29, 1.82) is 0 Å². The van der Waals surface area contributed by atoms with Gasteiger partial charge in [0.1, 0.15) is 11.4 Å². The molecule has 0 radical (unpaired) electrons. The summed E-state index contributed by atoms with van der Waals surface area (Å²) in [7, 11) is 4.97. The number of hydrogen-bond donors (Lipinski definition) is 0. The normalized spacial score (nSPS) is 11.0. The third-order valence-electron chi connectivity index (χ3n) is 5.35. The van der Waals surface area contributed by atoms with Crippen molar-refractivity contribution in [3.8, 4) is 17.0 Å². The number of nitrogens with zero attached hydrogens (tertiary/aromatic N) is 6. The van der Waals surface area contributed by atoms with Crippen LogP contribution in [0.25, 0.3) is 17.0 Å². The van der Waals surface area contributed by atoms with Gasteiger partial charge in [0.25, 0.3) is 5.91 Å². The van der Waals surface area contributed by atoms with Crippen molar-refractivity contribution in [2.75, 3.05) is 20.7 Å². The summed E-state index contributed by atoms with van der Waals surface area (Å²) >= 11 is 0. The molecule has 32 heavy (non-hydrogen) atoms. The maximum Gasteiger partial charge on any atom is 0.257 e. The maximum absolute atomic E-state index is 13.1. The maximum atomic E-state index is 13.1. The molecule has 9 heteroatoms. The second-order valence-corrected chi connectivity index (χ2v) is 7.43. The van der Waals surface area contributed by atoms with E-state index in [0.717, 1.165) is 17.0 Å². The fourth-order valence-electron chi connectivity index (χ4n) is 3.45. The summed E-state index contributed by atoms with van der Waals surface area (Å²) < 4.78 is 8.53. The average Bonchev–Trinajstić information content (AvgIpc) is 3.41. The van der Waals surface area contributed by atoms with Gasteiger partial charge in [0.05, 0.1) is 36.7 Å². The molecule has 0 spiro atoms.